The number of aliphatic imine (C=N–C) groups is 1. The van der Waals surface area contributed by atoms with Crippen LogP contribution in [0.2, 0.25) is 0 Å². The van der Waals surface area contributed by atoms with Crippen molar-refractivity contribution in [3.8, 4) is 5.75 Å². The van der Waals surface area contributed by atoms with Crippen LogP contribution in [0.5, 0.6) is 5.75 Å². The van der Waals surface area contributed by atoms with E-state index in [9.17, 15) is 9.59 Å². The van der Waals surface area contributed by atoms with E-state index in [0.29, 0.717) is 5.56 Å². The molecule has 2 aromatic carbocycles. The fourth-order valence-electron chi connectivity index (χ4n) is 1.80. The van der Waals surface area contributed by atoms with Crippen LogP contribution in [0, 0.1) is 0 Å². The van der Waals surface area contributed by atoms with Gasteiger partial charge in [0.25, 0.3) is 0 Å². The molecule has 0 radical (unpaired) electrons. The Morgan fingerprint density at radius 1 is 1.05 bits per heavy atom. The highest BCUT2D eigenvalue weighted by atomic mass is 16.5. The molecule has 4 heteroatoms. The molecule has 0 aliphatic carbocycles. The molecule has 0 atom stereocenters. The number of esters is 1. The van der Waals surface area contributed by atoms with E-state index in [0.717, 1.165) is 5.56 Å². The summed E-state index contributed by atoms with van der Waals surface area (Å²) in [6.45, 7) is 1.31. The van der Waals surface area contributed by atoms with Gasteiger partial charge in [-0.15, -0.1) is 0 Å². The first-order chi connectivity index (χ1) is 10.2. The van der Waals surface area contributed by atoms with Crippen LogP contribution in [0.15, 0.2) is 59.6 Å². The van der Waals surface area contributed by atoms with Gasteiger partial charge in [-0.3, -0.25) is 14.6 Å². The number of ether oxygens (including phenoxy) is 1. The van der Waals surface area contributed by atoms with Crippen molar-refractivity contribution >= 4 is 18.0 Å². The fraction of sp³-hybridized carbons (Fsp3) is 0.118. The second kappa shape index (κ2) is 7.14. The quantitative estimate of drug-likeness (QED) is 0.366. The SMILES string of the molecule is CC(=O)Oc1ccccc1C(=O)CN=Cc1ccccc1. The zero-order chi connectivity index (χ0) is 15.1. The Morgan fingerprint density at radius 2 is 1.71 bits per heavy atom. The molecule has 0 N–H and O–H groups in total. The number of nitrogens with zero attached hydrogens (tertiary/aromatic N) is 1. The summed E-state index contributed by atoms with van der Waals surface area (Å²) in [6, 6.07) is 16.2. The molecule has 0 bridgehead atoms. The Kier molecular flexibility index (Phi) is 4.99. The Balaban J connectivity index is 2.07. The lowest BCUT2D eigenvalue weighted by Gasteiger charge is -2.06. The Hall–Kier alpha value is -2.75. The third kappa shape index (κ3) is 4.38. The van der Waals surface area contributed by atoms with Crippen LogP contribution in [0.4, 0.5) is 0 Å². The van der Waals surface area contributed by atoms with E-state index in [2.05, 4.69) is 4.99 Å². The van der Waals surface area contributed by atoms with Crippen molar-refractivity contribution in [2.45, 2.75) is 6.92 Å². The van der Waals surface area contributed by atoms with Gasteiger partial charge in [-0.25, -0.2) is 0 Å². The topological polar surface area (TPSA) is 55.7 Å². The number of hydrogen-bond acceptors (Lipinski definition) is 4. The van der Waals surface area contributed by atoms with Crippen molar-refractivity contribution in [2.75, 3.05) is 6.54 Å². The van der Waals surface area contributed by atoms with Crippen LogP contribution >= 0.6 is 0 Å². The van der Waals surface area contributed by atoms with Crippen molar-refractivity contribution in [3.63, 3.8) is 0 Å². The number of rotatable bonds is 5. The molecule has 21 heavy (non-hydrogen) atoms. The van der Waals surface area contributed by atoms with Crippen LogP contribution < -0.4 is 4.74 Å². The molecule has 0 saturated heterocycles. The van der Waals surface area contributed by atoms with Gasteiger partial charge in [0.15, 0.2) is 5.78 Å². The van der Waals surface area contributed by atoms with Crippen molar-refractivity contribution in [3.05, 3.63) is 65.7 Å². The molecule has 0 aliphatic rings. The summed E-state index contributed by atoms with van der Waals surface area (Å²) in [6.07, 6.45) is 1.65. The van der Waals surface area contributed by atoms with Crippen molar-refractivity contribution < 1.29 is 14.3 Å². The van der Waals surface area contributed by atoms with Gasteiger partial charge in [0.2, 0.25) is 0 Å². The summed E-state index contributed by atoms with van der Waals surface area (Å²) in [5, 5.41) is 0. The minimum atomic E-state index is -0.456. The normalized spacial score (nSPS) is 10.5. The molecule has 0 heterocycles. The highest BCUT2D eigenvalue weighted by Gasteiger charge is 2.12. The van der Waals surface area contributed by atoms with E-state index >= 15 is 0 Å². The molecule has 2 aromatic rings. The highest BCUT2D eigenvalue weighted by Crippen LogP contribution is 2.18. The van der Waals surface area contributed by atoms with Crippen molar-refractivity contribution in [1.29, 1.82) is 0 Å². The summed E-state index contributed by atoms with van der Waals surface area (Å²) < 4.78 is 5.02. The second-order valence-corrected chi connectivity index (χ2v) is 4.39. The first-order valence-corrected chi connectivity index (χ1v) is 6.52. The molecule has 2 rings (SSSR count). The molecule has 0 saturated carbocycles. The van der Waals surface area contributed by atoms with Crippen LogP contribution in [-0.2, 0) is 4.79 Å². The predicted octanol–water partition coefficient (Wildman–Crippen LogP) is 2.91. The summed E-state index contributed by atoms with van der Waals surface area (Å²) in [5.41, 5.74) is 1.29. The Bertz CT molecular complexity index is 663. The van der Waals surface area contributed by atoms with Crippen LogP contribution in [0.1, 0.15) is 22.8 Å². The smallest absolute Gasteiger partial charge is 0.308 e. The van der Waals surface area contributed by atoms with Gasteiger partial charge in [-0.1, -0.05) is 42.5 Å². The summed E-state index contributed by atoms with van der Waals surface area (Å²) in [4.78, 5) is 27.3. The Morgan fingerprint density at radius 3 is 2.43 bits per heavy atom. The van der Waals surface area contributed by atoms with E-state index < -0.39 is 5.97 Å². The third-order valence-electron chi connectivity index (χ3n) is 2.72. The molecule has 0 aromatic heterocycles. The number of Topliss-reactive ketones (excluding diaryl/α,β-unsaturated/α-hetero) is 1. The number of carbonyl (C=O) groups excluding carboxylic acids is 2. The van der Waals surface area contributed by atoms with E-state index in [1.165, 1.54) is 6.92 Å². The lowest BCUT2D eigenvalue weighted by molar-refractivity contribution is -0.131. The van der Waals surface area contributed by atoms with Crippen LogP contribution in [-0.4, -0.2) is 24.5 Å². The zero-order valence-electron chi connectivity index (χ0n) is 11.7. The average molecular weight is 281 g/mol. The lowest BCUT2D eigenvalue weighted by Crippen LogP contribution is -2.09. The molecule has 106 valence electrons. The van der Waals surface area contributed by atoms with Gasteiger partial charge in [0.1, 0.15) is 12.3 Å². The van der Waals surface area contributed by atoms with Crippen molar-refractivity contribution in [2.24, 2.45) is 4.99 Å². The standard InChI is InChI=1S/C17H15NO3/c1-13(19)21-17-10-6-5-9-15(17)16(20)12-18-11-14-7-3-2-4-8-14/h2-11H,12H2,1H3. The lowest BCUT2D eigenvalue weighted by atomic mass is 10.1. The maximum Gasteiger partial charge on any atom is 0.308 e. The minimum absolute atomic E-state index is 0.00712. The first kappa shape index (κ1) is 14.7. The van der Waals surface area contributed by atoms with Gasteiger partial charge in [-0.2, -0.15) is 0 Å². The minimum Gasteiger partial charge on any atom is -0.426 e. The van der Waals surface area contributed by atoms with Gasteiger partial charge < -0.3 is 4.74 Å². The molecule has 0 fully saturated rings. The number of benzene rings is 2. The number of ketones is 1. The number of hydrogen-bond donors (Lipinski definition) is 0. The van der Waals surface area contributed by atoms with E-state index in [-0.39, 0.29) is 18.1 Å². The number of para-hydroxylation sites is 1. The molecular weight excluding hydrogens is 266 g/mol. The summed E-state index contributed by atoms with van der Waals surface area (Å²) in [5.74, 6) is -0.382. The molecule has 0 spiro atoms. The second-order valence-electron chi connectivity index (χ2n) is 4.39. The van der Waals surface area contributed by atoms with Gasteiger partial charge in [-0.05, 0) is 17.7 Å². The highest BCUT2D eigenvalue weighted by molar-refractivity contribution is 6.01. The monoisotopic (exact) mass is 281 g/mol. The third-order valence-corrected chi connectivity index (χ3v) is 2.72. The first-order valence-electron chi connectivity index (χ1n) is 6.52. The van der Waals surface area contributed by atoms with Gasteiger partial charge >= 0.3 is 5.97 Å². The molecule has 0 unspecified atom stereocenters. The molecular formula is C17H15NO3. The fourth-order valence-corrected chi connectivity index (χ4v) is 1.80. The predicted molar refractivity (Wildman–Crippen MR) is 81.0 cm³/mol. The van der Waals surface area contributed by atoms with Crippen LogP contribution in [0.3, 0.4) is 0 Å². The summed E-state index contributed by atoms with van der Waals surface area (Å²) in [7, 11) is 0. The maximum absolute atomic E-state index is 12.1. The molecule has 0 aliphatic heterocycles. The number of carbonyl (C=O) groups is 2. The summed E-state index contributed by atoms with van der Waals surface area (Å²) >= 11 is 0. The Labute approximate surface area is 123 Å². The maximum atomic E-state index is 12.1. The van der Waals surface area contributed by atoms with Gasteiger partial charge in [0.05, 0.1) is 5.56 Å². The molecule has 4 nitrogen and oxygen atoms in total. The van der Waals surface area contributed by atoms with E-state index in [1.54, 1.807) is 30.5 Å². The van der Waals surface area contributed by atoms with E-state index in [1.807, 2.05) is 30.3 Å². The average Bonchev–Trinajstić information content (AvgIpc) is 2.48. The zero-order valence-corrected chi connectivity index (χ0v) is 11.7. The largest absolute Gasteiger partial charge is 0.426 e. The van der Waals surface area contributed by atoms with Crippen LogP contribution in [0.25, 0.3) is 0 Å². The van der Waals surface area contributed by atoms with E-state index in [4.69, 9.17) is 4.74 Å². The van der Waals surface area contributed by atoms with Gasteiger partial charge in [0, 0.05) is 13.1 Å². The van der Waals surface area contributed by atoms with Crippen molar-refractivity contribution in [1.82, 2.24) is 0 Å². The molecule has 0 amide bonds.